The first-order chi connectivity index (χ1) is 10.5. The molecule has 0 radical (unpaired) electrons. The average Bonchev–Trinajstić information content (AvgIpc) is 2.73. The molecule has 22 heavy (non-hydrogen) atoms. The summed E-state index contributed by atoms with van der Waals surface area (Å²) in [5.74, 6) is 0.0157. The number of hydrogen-bond acceptors (Lipinski definition) is 4. The lowest BCUT2D eigenvalue weighted by atomic mass is 9.82. The zero-order valence-corrected chi connectivity index (χ0v) is 13.1. The van der Waals surface area contributed by atoms with E-state index in [0.29, 0.717) is 32.8 Å². The Hall–Kier alpha value is -1.63. The van der Waals surface area contributed by atoms with E-state index in [9.17, 15) is 14.4 Å². The van der Waals surface area contributed by atoms with Gasteiger partial charge in [0.05, 0.1) is 6.67 Å². The molecule has 2 saturated heterocycles. The van der Waals surface area contributed by atoms with E-state index in [1.54, 1.807) is 11.8 Å². The first-order valence-electron chi connectivity index (χ1n) is 8.14. The van der Waals surface area contributed by atoms with Crippen LogP contribution in [0.1, 0.15) is 39.0 Å². The maximum absolute atomic E-state index is 12.7. The topological polar surface area (TPSA) is 73.0 Å². The van der Waals surface area contributed by atoms with Crippen molar-refractivity contribution in [3.63, 3.8) is 0 Å². The second kappa shape index (κ2) is 5.87. The Morgan fingerprint density at radius 2 is 1.73 bits per heavy atom. The zero-order chi connectivity index (χ0) is 15.7. The minimum absolute atomic E-state index is 0.0637. The van der Waals surface area contributed by atoms with Crippen LogP contribution in [0.5, 0.6) is 0 Å². The summed E-state index contributed by atoms with van der Waals surface area (Å²) in [4.78, 5) is 41.5. The van der Waals surface area contributed by atoms with Crippen molar-refractivity contribution in [2.24, 2.45) is 0 Å². The molecule has 1 saturated carbocycles. The third-order valence-corrected chi connectivity index (χ3v) is 5.11. The monoisotopic (exact) mass is 308 g/mol. The Bertz CT molecular complexity index is 479. The van der Waals surface area contributed by atoms with Gasteiger partial charge in [-0.25, -0.2) is 9.69 Å². The van der Waals surface area contributed by atoms with Crippen LogP contribution in [0.3, 0.4) is 0 Å². The van der Waals surface area contributed by atoms with Crippen LogP contribution in [0.15, 0.2) is 0 Å². The maximum atomic E-state index is 12.7. The van der Waals surface area contributed by atoms with Gasteiger partial charge in [-0.1, -0.05) is 19.3 Å². The van der Waals surface area contributed by atoms with Gasteiger partial charge in [0.1, 0.15) is 5.54 Å². The van der Waals surface area contributed by atoms with Crippen molar-refractivity contribution in [1.29, 1.82) is 0 Å². The standard InChI is InChI=1S/C15H24N4O3/c1-12(20)18-9-7-17(8-10-18)11-19-13(21)15(16-14(19)22)5-3-2-4-6-15/h2-11H2,1H3,(H,16,22). The SMILES string of the molecule is CC(=O)N1CCN(CN2C(=O)NC3(CCCCC3)C2=O)CC1. The molecule has 3 aliphatic rings. The lowest BCUT2D eigenvalue weighted by molar-refractivity contribution is -0.136. The summed E-state index contributed by atoms with van der Waals surface area (Å²) in [6, 6.07) is -0.263. The molecule has 122 valence electrons. The molecule has 2 heterocycles. The van der Waals surface area contributed by atoms with E-state index in [1.165, 1.54) is 4.90 Å². The number of nitrogens with zero attached hydrogens (tertiary/aromatic N) is 3. The highest BCUT2D eigenvalue weighted by molar-refractivity contribution is 6.07. The second-order valence-corrected chi connectivity index (χ2v) is 6.57. The van der Waals surface area contributed by atoms with E-state index in [-0.39, 0.29) is 17.8 Å². The van der Waals surface area contributed by atoms with E-state index in [4.69, 9.17) is 0 Å². The summed E-state index contributed by atoms with van der Waals surface area (Å²) in [6.45, 7) is 4.61. The molecule has 0 aromatic heterocycles. The minimum atomic E-state index is -0.642. The zero-order valence-electron chi connectivity index (χ0n) is 13.1. The number of carbonyl (C=O) groups excluding carboxylic acids is 3. The van der Waals surface area contributed by atoms with Gasteiger partial charge in [-0.2, -0.15) is 0 Å². The van der Waals surface area contributed by atoms with Crippen LogP contribution in [-0.4, -0.2) is 70.9 Å². The highest BCUT2D eigenvalue weighted by Gasteiger charge is 2.51. The molecule has 7 heteroatoms. The molecule has 7 nitrogen and oxygen atoms in total. The number of amides is 4. The van der Waals surface area contributed by atoms with Crippen molar-refractivity contribution in [3.05, 3.63) is 0 Å². The molecule has 0 aromatic carbocycles. The number of nitrogens with one attached hydrogen (secondary N) is 1. The van der Waals surface area contributed by atoms with Crippen molar-refractivity contribution in [2.75, 3.05) is 32.8 Å². The summed E-state index contributed by atoms with van der Waals surface area (Å²) in [6.07, 6.45) is 4.64. The summed E-state index contributed by atoms with van der Waals surface area (Å²) in [5, 5.41) is 2.93. The summed E-state index contributed by atoms with van der Waals surface area (Å²) in [7, 11) is 0. The molecule has 0 unspecified atom stereocenters. The van der Waals surface area contributed by atoms with Crippen LogP contribution < -0.4 is 5.32 Å². The van der Waals surface area contributed by atoms with Gasteiger partial charge in [0.25, 0.3) is 5.91 Å². The highest BCUT2D eigenvalue weighted by Crippen LogP contribution is 2.33. The molecule has 3 fully saturated rings. The van der Waals surface area contributed by atoms with Gasteiger partial charge in [0.15, 0.2) is 0 Å². The minimum Gasteiger partial charge on any atom is -0.340 e. The third kappa shape index (κ3) is 2.69. The van der Waals surface area contributed by atoms with Crippen molar-refractivity contribution in [3.8, 4) is 0 Å². The Labute approximate surface area is 130 Å². The molecule has 0 aromatic rings. The van der Waals surface area contributed by atoms with E-state index < -0.39 is 5.54 Å². The smallest absolute Gasteiger partial charge is 0.326 e. The molecule has 2 aliphatic heterocycles. The van der Waals surface area contributed by atoms with E-state index >= 15 is 0 Å². The second-order valence-electron chi connectivity index (χ2n) is 6.57. The third-order valence-electron chi connectivity index (χ3n) is 5.11. The van der Waals surface area contributed by atoms with Gasteiger partial charge in [-0.3, -0.25) is 14.5 Å². The molecule has 4 amide bonds. The first-order valence-corrected chi connectivity index (χ1v) is 8.14. The van der Waals surface area contributed by atoms with Crippen LogP contribution >= 0.6 is 0 Å². The lowest BCUT2D eigenvalue weighted by Crippen LogP contribution is -2.53. The summed E-state index contributed by atoms with van der Waals surface area (Å²) < 4.78 is 0. The number of hydrogen-bond donors (Lipinski definition) is 1. The molecule has 0 atom stereocenters. The van der Waals surface area contributed by atoms with Crippen molar-refractivity contribution >= 4 is 17.8 Å². The van der Waals surface area contributed by atoms with Gasteiger partial charge >= 0.3 is 6.03 Å². The molecular weight excluding hydrogens is 284 g/mol. The number of imide groups is 1. The number of piperazine rings is 1. The maximum Gasteiger partial charge on any atom is 0.326 e. The predicted octanol–water partition coefficient (Wildman–Crippen LogP) is 0.363. The Balaban J connectivity index is 1.60. The Morgan fingerprint density at radius 3 is 2.32 bits per heavy atom. The number of urea groups is 1. The fourth-order valence-electron chi connectivity index (χ4n) is 3.70. The summed E-state index contributed by atoms with van der Waals surface area (Å²) in [5.41, 5.74) is -0.642. The normalized spacial score (nSPS) is 25.7. The fraction of sp³-hybridized carbons (Fsp3) is 0.800. The largest absolute Gasteiger partial charge is 0.340 e. The van der Waals surface area contributed by atoms with Gasteiger partial charge in [-0.05, 0) is 12.8 Å². The lowest BCUT2D eigenvalue weighted by Gasteiger charge is -2.36. The van der Waals surface area contributed by atoms with E-state index in [2.05, 4.69) is 10.2 Å². The molecular formula is C15H24N4O3. The number of carbonyl (C=O) groups is 3. The Kier molecular flexibility index (Phi) is 4.08. The molecule has 1 N–H and O–H groups in total. The van der Waals surface area contributed by atoms with Crippen LogP contribution in [0, 0.1) is 0 Å². The van der Waals surface area contributed by atoms with Crippen LogP contribution in [0.4, 0.5) is 4.79 Å². The van der Waals surface area contributed by atoms with E-state index in [0.717, 1.165) is 32.1 Å². The van der Waals surface area contributed by atoms with Gasteiger partial charge < -0.3 is 10.2 Å². The molecule has 0 bridgehead atoms. The van der Waals surface area contributed by atoms with Crippen molar-refractivity contribution in [1.82, 2.24) is 20.0 Å². The fourth-order valence-corrected chi connectivity index (χ4v) is 3.70. The van der Waals surface area contributed by atoms with Crippen LogP contribution in [0.2, 0.25) is 0 Å². The Morgan fingerprint density at radius 1 is 1.09 bits per heavy atom. The van der Waals surface area contributed by atoms with Gasteiger partial charge in [0, 0.05) is 33.1 Å². The molecule has 1 spiro atoms. The summed E-state index contributed by atoms with van der Waals surface area (Å²) >= 11 is 0. The van der Waals surface area contributed by atoms with Crippen LogP contribution in [-0.2, 0) is 9.59 Å². The van der Waals surface area contributed by atoms with Crippen molar-refractivity contribution < 1.29 is 14.4 Å². The quantitative estimate of drug-likeness (QED) is 0.748. The number of rotatable bonds is 2. The van der Waals surface area contributed by atoms with Crippen molar-refractivity contribution in [2.45, 2.75) is 44.6 Å². The highest BCUT2D eigenvalue weighted by atomic mass is 16.2. The first kappa shape index (κ1) is 15.3. The predicted molar refractivity (Wildman–Crippen MR) is 79.9 cm³/mol. The molecule has 3 rings (SSSR count). The average molecular weight is 308 g/mol. The molecule has 1 aliphatic carbocycles. The van der Waals surface area contributed by atoms with E-state index in [1.807, 2.05) is 0 Å². The van der Waals surface area contributed by atoms with Crippen LogP contribution in [0.25, 0.3) is 0 Å². The van der Waals surface area contributed by atoms with Gasteiger partial charge in [-0.15, -0.1) is 0 Å². The van der Waals surface area contributed by atoms with Gasteiger partial charge in [0.2, 0.25) is 5.91 Å².